The van der Waals surface area contributed by atoms with Crippen LogP contribution in [-0.4, -0.2) is 16.1 Å². The summed E-state index contributed by atoms with van der Waals surface area (Å²) in [5.74, 6) is -0.901. The Balaban J connectivity index is 1.77. The van der Waals surface area contributed by atoms with Gasteiger partial charge in [-0.15, -0.1) is 10.2 Å². The molecular weight excluding hydrogens is 485 g/mol. The van der Waals surface area contributed by atoms with Crippen LogP contribution in [0.3, 0.4) is 0 Å². The molecule has 9 heteroatoms. The fourth-order valence-corrected chi connectivity index (χ4v) is 5.09. The molecule has 4 aromatic rings. The van der Waals surface area contributed by atoms with Crippen LogP contribution in [0.1, 0.15) is 46.1 Å². The fourth-order valence-electron chi connectivity index (χ4n) is 3.76. The molecular formula is C22H15BrFN3O3S. The summed E-state index contributed by atoms with van der Waals surface area (Å²) in [5.41, 5.74) is 0.821. The van der Waals surface area contributed by atoms with Gasteiger partial charge in [-0.05, 0) is 42.3 Å². The van der Waals surface area contributed by atoms with Gasteiger partial charge in [-0.1, -0.05) is 46.3 Å². The number of benzene rings is 2. The van der Waals surface area contributed by atoms with Gasteiger partial charge in [0, 0.05) is 10.9 Å². The van der Waals surface area contributed by atoms with Crippen LogP contribution >= 0.6 is 27.3 Å². The van der Waals surface area contributed by atoms with E-state index >= 15 is 0 Å². The van der Waals surface area contributed by atoms with Crippen molar-refractivity contribution in [1.82, 2.24) is 10.2 Å². The Morgan fingerprint density at radius 3 is 2.68 bits per heavy atom. The summed E-state index contributed by atoms with van der Waals surface area (Å²) in [4.78, 5) is 28.3. The molecule has 1 aliphatic heterocycles. The molecule has 1 unspecified atom stereocenters. The molecule has 0 spiro atoms. The van der Waals surface area contributed by atoms with Gasteiger partial charge in [0.1, 0.15) is 16.4 Å². The van der Waals surface area contributed by atoms with Crippen molar-refractivity contribution in [3.8, 4) is 0 Å². The summed E-state index contributed by atoms with van der Waals surface area (Å²) in [6.07, 6.45) is 1.63. The zero-order chi connectivity index (χ0) is 21.7. The first kappa shape index (κ1) is 20.0. The zero-order valence-corrected chi connectivity index (χ0v) is 18.7. The van der Waals surface area contributed by atoms with Gasteiger partial charge in [-0.2, -0.15) is 0 Å². The van der Waals surface area contributed by atoms with Crippen LogP contribution in [0.2, 0.25) is 0 Å². The van der Waals surface area contributed by atoms with Crippen LogP contribution < -0.4 is 10.3 Å². The number of carbonyl (C=O) groups excluding carboxylic acids is 1. The molecule has 6 nitrogen and oxygen atoms in total. The average molecular weight is 500 g/mol. The Bertz CT molecular complexity index is 1380. The second-order valence-corrected chi connectivity index (χ2v) is 9.13. The number of carbonyl (C=O) groups is 1. The van der Waals surface area contributed by atoms with E-state index in [9.17, 15) is 14.0 Å². The third-order valence-corrected chi connectivity index (χ3v) is 6.62. The minimum absolute atomic E-state index is 0.0265. The highest BCUT2D eigenvalue weighted by atomic mass is 79.9. The lowest BCUT2D eigenvalue weighted by Crippen LogP contribution is -2.29. The molecule has 156 valence electrons. The lowest BCUT2D eigenvalue weighted by molar-refractivity contribution is 0.0970. The van der Waals surface area contributed by atoms with Gasteiger partial charge in [0.15, 0.2) is 5.43 Å². The van der Waals surface area contributed by atoms with Gasteiger partial charge in [0.2, 0.25) is 10.9 Å². The van der Waals surface area contributed by atoms with Crippen molar-refractivity contribution in [3.05, 3.63) is 84.9 Å². The summed E-state index contributed by atoms with van der Waals surface area (Å²) in [6, 6.07) is 10.0. The standard InChI is InChI=1S/C22H15BrFN3O3S/c1-2-3-16-25-26-22(31-16)27-18(11-4-7-13(24)8-5-11)17-19(28)14-10-12(23)6-9-15(14)30-20(17)21(27)29/h4-10,18H,2-3H2,1H3. The molecule has 5 rings (SSSR count). The number of hydrogen-bond donors (Lipinski definition) is 0. The maximum absolute atomic E-state index is 13.6. The molecule has 0 radical (unpaired) electrons. The Morgan fingerprint density at radius 1 is 1.16 bits per heavy atom. The second kappa shape index (κ2) is 7.65. The highest BCUT2D eigenvalue weighted by Gasteiger charge is 2.45. The topological polar surface area (TPSA) is 76.3 Å². The molecule has 1 amide bonds. The highest BCUT2D eigenvalue weighted by Crippen LogP contribution is 2.42. The molecule has 0 fully saturated rings. The van der Waals surface area contributed by atoms with Crippen molar-refractivity contribution in [2.75, 3.05) is 4.90 Å². The fraction of sp³-hybridized carbons (Fsp3) is 0.182. The number of rotatable bonds is 4. The SMILES string of the molecule is CCCc1nnc(N2C(=O)c3oc4ccc(Br)cc4c(=O)c3C2c2ccc(F)cc2)s1. The van der Waals surface area contributed by atoms with Crippen molar-refractivity contribution in [2.45, 2.75) is 25.8 Å². The molecule has 1 aliphatic rings. The molecule has 0 aliphatic carbocycles. The summed E-state index contributed by atoms with van der Waals surface area (Å²) in [7, 11) is 0. The van der Waals surface area contributed by atoms with Crippen molar-refractivity contribution < 1.29 is 13.6 Å². The Hall–Kier alpha value is -2.91. The Labute approximate surface area is 188 Å². The number of hydrogen-bond acceptors (Lipinski definition) is 6. The van der Waals surface area contributed by atoms with Gasteiger partial charge in [-0.25, -0.2) is 4.39 Å². The first-order valence-electron chi connectivity index (χ1n) is 9.65. The molecule has 2 aromatic heterocycles. The predicted octanol–water partition coefficient (Wildman–Crippen LogP) is 5.25. The van der Waals surface area contributed by atoms with Gasteiger partial charge in [0.25, 0.3) is 5.91 Å². The number of fused-ring (bicyclic) bond motifs is 2. The van der Waals surface area contributed by atoms with Crippen molar-refractivity contribution >= 4 is 49.3 Å². The lowest BCUT2D eigenvalue weighted by Gasteiger charge is -2.22. The summed E-state index contributed by atoms with van der Waals surface area (Å²) < 4.78 is 20.2. The van der Waals surface area contributed by atoms with Crippen LogP contribution in [0.25, 0.3) is 11.0 Å². The summed E-state index contributed by atoms with van der Waals surface area (Å²) in [5, 5.41) is 9.92. The average Bonchev–Trinajstić information content (AvgIpc) is 3.32. The normalized spacial score (nSPS) is 15.6. The Morgan fingerprint density at radius 2 is 1.94 bits per heavy atom. The second-order valence-electron chi connectivity index (χ2n) is 7.17. The number of aryl methyl sites for hydroxylation is 1. The van der Waals surface area contributed by atoms with E-state index in [0.29, 0.717) is 21.7 Å². The van der Waals surface area contributed by atoms with E-state index in [1.165, 1.54) is 28.4 Å². The maximum atomic E-state index is 13.6. The highest BCUT2D eigenvalue weighted by molar-refractivity contribution is 9.10. The smallest absolute Gasteiger partial charge is 0.297 e. The molecule has 2 aromatic carbocycles. The van der Waals surface area contributed by atoms with Crippen LogP contribution in [-0.2, 0) is 6.42 Å². The minimum atomic E-state index is -0.787. The third-order valence-electron chi connectivity index (χ3n) is 5.14. The van der Waals surface area contributed by atoms with Crippen LogP contribution in [0.15, 0.2) is 56.1 Å². The monoisotopic (exact) mass is 499 g/mol. The molecule has 0 saturated carbocycles. The summed E-state index contributed by atoms with van der Waals surface area (Å²) >= 11 is 4.68. The van der Waals surface area contributed by atoms with Gasteiger partial charge in [-0.3, -0.25) is 14.5 Å². The Kier molecular flexibility index (Phi) is 4.94. The van der Waals surface area contributed by atoms with Gasteiger partial charge in [0.05, 0.1) is 17.0 Å². The number of nitrogens with zero attached hydrogens (tertiary/aromatic N) is 3. The zero-order valence-electron chi connectivity index (χ0n) is 16.3. The first-order valence-corrected chi connectivity index (χ1v) is 11.3. The van der Waals surface area contributed by atoms with Crippen molar-refractivity contribution in [3.63, 3.8) is 0 Å². The molecule has 3 heterocycles. The van der Waals surface area contributed by atoms with Crippen LogP contribution in [0.4, 0.5) is 9.52 Å². The van der Waals surface area contributed by atoms with Crippen molar-refractivity contribution in [1.29, 1.82) is 0 Å². The van der Waals surface area contributed by atoms with E-state index in [-0.39, 0.29) is 16.8 Å². The molecule has 31 heavy (non-hydrogen) atoms. The van der Waals surface area contributed by atoms with E-state index < -0.39 is 17.8 Å². The largest absolute Gasteiger partial charge is 0.450 e. The molecule has 0 bridgehead atoms. The number of aromatic nitrogens is 2. The molecule has 0 saturated heterocycles. The minimum Gasteiger partial charge on any atom is -0.450 e. The quantitative estimate of drug-likeness (QED) is 0.383. The van der Waals surface area contributed by atoms with Crippen LogP contribution in [0, 0.1) is 5.82 Å². The molecule has 1 atom stereocenters. The lowest BCUT2D eigenvalue weighted by atomic mass is 9.99. The van der Waals surface area contributed by atoms with E-state index in [1.54, 1.807) is 30.3 Å². The first-order chi connectivity index (χ1) is 15.0. The summed E-state index contributed by atoms with van der Waals surface area (Å²) in [6.45, 7) is 2.03. The number of halogens is 2. The van der Waals surface area contributed by atoms with E-state index in [4.69, 9.17) is 4.42 Å². The van der Waals surface area contributed by atoms with Crippen LogP contribution in [0.5, 0.6) is 0 Å². The number of amides is 1. The van der Waals surface area contributed by atoms with E-state index in [1.807, 2.05) is 6.92 Å². The van der Waals surface area contributed by atoms with E-state index in [0.717, 1.165) is 22.3 Å². The predicted molar refractivity (Wildman–Crippen MR) is 119 cm³/mol. The molecule has 0 N–H and O–H groups in total. The van der Waals surface area contributed by atoms with E-state index in [2.05, 4.69) is 26.1 Å². The number of anilines is 1. The van der Waals surface area contributed by atoms with Gasteiger partial charge >= 0.3 is 0 Å². The third kappa shape index (κ3) is 3.28. The van der Waals surface area contributed by atoms with Gasteiger partial charge < -0.3 is 4.42 Å². The van der Waals surface area contributed by atoms with Crippen molar-refractivity contribution in [2.24, 2.45) is 0 Å². The maximum Gasteiger partial charge on any atom is 0.297 e.